The van der Waals surface area contributed by atoms with Crippen LogP contribution in [0.2, 0.25) is 0 Å². The molecule has 5 nitrogen and oxygen atoms in total. The van der Waals surface area contributed by atoms with E-state index >= 15 is 0 Å². The van der Waals surface area contributed by atoms with Gasteiger partial charge in [0.2, 0.25) is 0 Å². The molecule has 166 valence electrons. The number of pyridine rings is 1. The molecule has 0 spiro atoms. The van der Waals surface area contributed by atoms with Gasteiger partial charge in [-0.2, -0.15) is 0 Å². The number of aryl methyl sites for hydroxylation is 2. The molecule has 2 atom stereocenters. The third-order valence-electron chi connectivity index (χ3n) is 6.32. The first-order valence-electron chi connectivity index (χ1n) is 11.0. The molecule has 33 heavy (non-hydrogen) atoms. The minimum absolute atomic E-state index is 0.162. The quantitative estimate of drug-likeness (QED) is 0.389. The van der Waals surface area contributed by atoms with E-state index in [1.165, 1.54) is 5.56 Å². The predicted molar refractivity (Wildman–Crippen MR) is 136 cm³/mol. The predicted octanol–water partition coefficient (Wildman–Crippen LogP) is 5.68. The van der Waals surface area contributed by atoms with Crippen LogP contribution < -0.4 is 10.2 Å². The maximum atomic E-state index is 10.7. The smallest absolute Gasteiger partial charge is 0.174 e. The van der Waals surface area contributed by atoms with Crippen molar-refractivity contribution >= 4 is 23.0 Å². The lowest BCUT2D eigenvalue weighted by Gasteiger charge is -2.28. The standard InChI is InChI=1S/C27H26N4OS/c1-17-11-13-20(14-12-17)30-18(2)16-21(19(30)3)26-25(22-8-6-7-15-28-22)29-27(33)31(26)23-9-4-5-10-24(23)32/h4-16,25-26,32H,1-3H3,(H,29,33)/t25-,26+/m1/s1. The third-order valence-corrected chi connectivity index (χ3v) is 6.64. The molecule has 4 aromatic rings. The number of thiocarbonyl (C=S) groups is 1. The summed E-state index contributed by atoms with van der Waals surface area (Å²) in [5.74, 6) is 0.195. The van der Waals surface area contributed by atoms with Gasteiger partial charge in [-0.05, 0) is 81.0 Å². The van der Waals surface area contributed by atoms with E-state index in [1.807, 2.05) is 41.3 Å². The maximum Gasteiger partial charge on any atom is 0.174 e. The topological polar surface area (TPSA) is 53.3 Å². The van der Waals surface area contributed by atoms with E-state index in [0.29, 0.717) is 10.8 Å². The van der Waals surface area contributed by atoms with Gasteiger partial charge in [-0.15, -0.1) is 0 Å². The first-order valence-corrected chi connectivity index (χ1v) is 11.4. The fourth-order valence-corrected chi connectivity index (χ4v) is 5.12. The summed E-state index contributed by atoms with van der Waals surface area (Å²) < 4.78 is 2.27. The van der Waals surface area contributed by atoms with Crippen LogP contribution in [0.15, 0.2) is 79.0 Å². The molecule has 1 aliphatic rings. The van der Waals surface area contributed by atoms with Crippen molar-refractivity contribution in [2.75, 3.05) is 4.90 Å². The zero-order chi connectivity index (χ0) is 23.1. The van der Waals surface area contributed by atoms with E-state index in [4.69, 9.17) is 12.2 Å². The van der Waals surface area contributed by atoms with Crippen LogP contribution in [0.25, 0.3) is 5.69 Å². The highest BCUT2D eigenvalue weighted by molar-refractivity contribution is 7.80. The minimum atomic E-state index is -0.175. The van der Waals surface area contributed by atoms with Crippen molar-refractivity contribution in [3.05, 3.63) is 107 Å². The number of rotatable bonds is 4. The number of benzene rings is 2. The van der Waals surface area contributed by atoms with Gasteiger partial charge in [0.1, 0.15) is 5.75 Å². The van der Waals surface area contributed by atoms with Crippen molar-refractivity contribution < 1.29 is 5.11 Å². The zero-order valence-electron chi connectivity index (χ0n) is 18.9. The number of aromatic hydroxyl groups is 1. The lowest BCUT2D eigenvalue weighted by molar-refractivity contribution is 0.472. The molecule has 0 unspecified atom stereocenters. The Hall–Kier alpha value is -3.64. The molecule has 6 heteroatoms. The van der Waals surface area contributed by atoms with Gasteiger partial charge < -0.3 is 19.9 Å². The highest BCUT2D eigenvalue weighted by Crippen LogP contribution is 2.45. The third kappa shape index (κ3) is 3.66. The highest BCUT2D eigenvalue weighted by Gasteiger charge is 2.43. The van der Waals surface area contributed by atoms with Crippen LogP contribution in [0.3, 0.4) is 0 Å². The number of phenols is 1. The maximum absolute atomic E-state index is 10.7. The average Bonchev–Trinajstić information content (AvgIpc) is 3.31. The van der Waals surface area contributed by atoms with Crippen LogP contribution in [0.5, 0.6) is 5.75 Å². The van der Waals surface area contributed by atoms with E-state index in [1.54, 1.807) is 12.3 Å². The van der Waals surface area contributed by atoms with E-state index in [2.05, 4.69) is 66.0 Å². The summed E-state index contributed by atoms with van der Waals surface area (Å²) in [6.45, 7) is 6.36. The van der Waals surface area contributed by atoms with Crippen LogP contribution in [-0.4, -0.2) is 19.8 Å². The molecule has 2 aromatic carbocycles. The Morgan fingerprint density at radius 3 is 2.36 bits per heavy atom. The van der Waals surface area contributed by atoms with Gasteiger partial charge in [-0.25, -0.2) is 0 Å². The molecule has 0 radical (unpaired) electrons. The molecule has 0 amide bonds. The van der Waals surface area contributed by atoms with Gasteiger partial charge >= 0.3 is 0 Å². The molecule has 3 heterocycles. The molecule has 5 rings (SSSR count). The minimum Gasteiger partial charge on any atom is -0.506 e. The largest absolute Gasteiger partial charge is 0.506 e. The molecule has 2 aromatic heterocycles. The Labute approximate surface area is 199 Å². The lowest BCUT2D eigenvalue weighted by Crippen LogP contribution is -2.29. The summed E-state index contributed by atoms with van der Waals surface area (Å²) in [6, 6.07) is 23.7. The summed E-state index contributed by atoms with van der Waals surface area (Å²) in [7, 11) is 0. The molecule has 1 aliphatic heterocycles. The normalized spacial score (nSPS) is 17.9. The van der Waals surface area contributed by atoms with E-state index in [-0.39, 0.29) is 17.8 Å². The van der Waals surface area contributed by atoms with Gasteiger partial charge in [0.25, 0.3) is 0 Å². The van der Waals surface area contributed by atoms with Gasteiger partial charge in [-0.1, -0.05) is 35.9 Å². The van der Waals surface area contributed by atoms with Crippen LogP contribution in [0, 0.1) is 20.8 Å². The lowest BCUT2D eigenvalue weighted by atomic mass is 9.96. The molecule has 2 N–H and O–H groups in total. The van der Waals surface area contributed by atoms with Gasteiger partial charge in [0, 0.05) is 23.3 Å². The molecular weight excluding hydrogens is 428 g/mol. The van der Waals surface area contributed by atoms with E-state index < -0.39 is 0 Å². The van der Waals surface area contributed by atoms with Crippen LogP contribution >= 0.6 is 12.2 Å². The van der Waals surface area contributed by atoms with E-state index in [0.717, 1.165) is 28.3 Å². The van der Waals surface area contributed by atoms with Crippen molar-refractivity contribution in [2.45, 2.75) is 32.9 Å². The first kappa shape index (κ1) is 21.2. The van der Waals surface area contributed by atoms with Crippen molar-refractivity contribution in [2.24, 2.45) is 0 Å². The Balaban J connectivity index is 1.69. The fourth-order valence-electron chi connectivity index (χ4n) is 4.78. The second-order valence-corrected chi connectivity index (χ2v) is 8.87. The molecule has 1 fully saturated rings. The van der Waals surface area contributed by atoms with Crippen LogP contribution in [0.4, 0.5) is 5.69 Å². The number of para-hydroxylation sites is 2. The fraction of sp³-hybridized carbons (Fsp3) is 0.185. The summed E-state index contributed by atoms with van der Waals surface area (Å²) in [5.41, 5.74) is 7.35. The Bertz CT molecular complexity index is 1310. The molecule has 1 saturated heterocycles. The monoisotopic (exact) mass is 454 g/mol. The average molecular weight is 455 g/mol. The number of aromatic nitrogens is 2. The van der Waals surface area contributed by atoms with Crippen molar-refractivity contribution in [3.63, 3.8) is 0 Å². The van der Waals surface area contributed by atoms with Gasteiger partial charge in [0.15, 0.2) is 5.11 Å². The second kappa shape index (κ2) is 8.37. The Morgan fingerprint density at radius 1 is 0.939 bits per heavy atom. The molecular formula is C27H26N4OS. The number of anilines is 1. The van der Waals surface area contributed by atoms with Gasteiger partial charge in [0.05, 0.1) is 23.5 Å². The highest BCUT2D eigenvalue weighted by atomic mass is 32.1. The Morgan fingerprint density at radius 2 is 1.67 bits per heavy atom. The number of phenolic OH excluding ortho intramolecular Hbond substituents is 1. The SMILES string of the molecule is Cc1ccc(-n2c(C)cc([C@H]3[C@@H](c4ccccn4)NC(=S)N3c3ccccc3O)c2C)cc1. The number of hydrogen-bond donors (Lipinski definition) is 2. The summed E-state index contributed by atoms with van der Waals surface area (Å²) in [6.07, 6.45) is 1.80. The summed E-state index contributed by atoms with van der Waals surface area (Å²) >= 11 is 5.80. The number of nitrogens with one attached hydrogen (secondary N) is 1. The van der Waals surface area contributed by atoms with Crippen molar-refractivity contribution in [1.29, 1.82) is 0 Å². The second-order valence-electron chi connectivity index (χ2n) is 8.48. The molecule has 0 bridgehead atoms. The summed E-state index contributed by atoms with van der Waals surface area (Å²) in [5, 5.41) is 14.7. The van der Waals surface area contributed by atoms with Crippen molar-refractivity contribution in [1.82, 2.24) is 14.9 Å². The van der Waals surface area contributed by atoms with Crippen molar-refractivity contribution in [3.8, 4) is 11.4 Å². The summed E-state index contributed by atoms with van der Waals surface area (Å²) in [4.78, 5) is 6.65. The Kier molecular flexibility index (Phi) is 5.38. The van der Waals surface area contributed by atoms with E-state index in [9.17, 15) is 5.11 Å². The molecule has 0 aliphatic carbocycles. The zero-order valence-corrected chi connectivity index (χ0v) is 19.7. The first-order chi connectivity index (χ1) is 16.0. The molecule has 0 saturated carbocycles. The van der Waals surface area contributed by atoms with Crippen LogP contribution in [-0.2, 0) is 0 Å². The van der Waals surface area contributed by atoms with Gasteiger partial charge in [-0.3, -0.25) is 4.98 Å². The number of hydrogen-bond acceptors (Lipinski definition) is 3. The van der Waals surface area contributed by atoms with Crippen LogP contribution in [0.1, 0.15) is 40.3 Å². The number of nitrogens with zero attached hydrogens (tertiary/aromatic N) is 3.